The fraction of sp³-hybridized carbons (Fsp3) is 1.00. The standard InChI is InChI=1S/C42H76.2C3H8.C2H6/c1-7-33(32(6)28-31(5)29(2)3)15-12-16-35-23-22-30(4)42(41-20-11-10-19-40(35)41)37-26-24-36(25-27-37)39-21-13-17-34-14-8-9-18-38(34)39;2*1-3-2;1-2/h29-42H,7-28H2,1-6H3;2*3H2,1-2H3;1-2H3. The molecule has 0 aromatic heterocycles. The van der Waals surface area contributed by atoms with Crippen LogP contribution in [0.2, 0.25) is 0 Å². The first-order valence-electron chi connectivity index (χ1n) is 24.2. The average Bonchev–Trinajstić information content (AvgIpc) is 3.27. The van der Waals surface area contributed by atoms with Crippen LogP contribution in [0.25, 0.3) is 0 Å². The Morgan fingerprint density at radius 3 is 1.56 bits per heavy atom. The van der Waals surface area contributed by atoms with Gasteiger partial charge in [0.05, 0.1) is 0 Å². The molecule has 11 unspecified atom stereocenters. The van der Waals surface area contributed by atoms with E-state index in [0.29, 0.717) is 0 Å². The van der Waals surface area contributed by atoms with E-state index in [-0.39, 0.29) is 0 Å². The van der Waals surface area contributed by atoms with Crippen LogP contribution in [-0.2, 0) is 0 Å². The van der Waals surface area contributed by atoms with Crippen molar-refractivity contribution in [2.45, 2.75) is 237 Å². The lowest BCUT2D eigenvalue weighted by atomic mass is 9.56. The third-order valence-electron chi connectivity index (χ3n) is 15.6. The van der Waals surface area contributed by atoms with E-state index >= 15 is 0 Å². The summed E-state index contributed by atoms with van der Waals surface area (Å²) in [6.07, 6.45) is 36.7. The molecular weight excluding hydrogens is 601 g/mol. The summed E-state index contributed by atoms with van der Waals surface area (Å²) in [5, 5.41) is 0. The van der Waals surface area contributed by atoms with Gasteiger partial charge in [-0.15, -0.1) is 0 Å². The first kappa shape index (κ1) is 46.2. The van der Waals surface area contributed by atoms with E-state index in [1.54, 1.807) is 109 Å². The van der Waals surface area contributed by atoms with Gasteiger partial charge in [0.1, 0.15) is 0 Å². The van der Waals surface area contributed by atoms with Gasteiger partial charge in [-0.2, -0.15) is 0 Å². The molecule has 5 fully saturated rings. The molecule has 0 heterocycles. The highest BCUT2D eigenvalue weighted by Gasteiger charge is 2.46. The lowest BCUT2D eigenvalue weighted by Crippen LogP contribution is -2.40. The second kappa shape index (κ2) is 25.9. The van der Waals surface area contributed by atoms with Crippen LogP contribution in [0.5, 0.6) is 0 Å². The Kier molecular flexibility index (Phi) is 23.9. The summed E-state index contributed by atoms with van der Waals surface area (Å²) in [5.41, 5.74) is 0. The number of rotatable bonds is 11. The molecule has 0 amide bonds. The van der Waals surface area contributed by atoms with E-state index in [1.165, 1.54) is 44.9 Å². The van der Waals surface area contributed by atoms with Gasteiger partial charge in [-0.25, -0.2) is 0 Å². The second-order valence-corrected chi connectivity index (χ2v) is 19.4. The zero-order valence-electron chi connectivity index (χ0n) is 37.1. The highest BCUT2D eigenvalue weighted by atomic mass is 14.5. The molecule has 5 rings (SSSR count). The molecule has 0 N–H and O–H groups in total. The van der Waals surface area contributed by atoms with E-state index in [1.807, 2.05) is 13.8 Å². The molecule has 298 valence electrons. The molecule has 0 aliphatic heterocycles. The molecule has 5 saturated carbocycles. The Bertz CT molecular complexity index is 784. The number of hydrogen-bond donors (Lipinski definition) is 0. The lowest BCUT2D eigenvalue weighted by Gasteiger charge is -2.49. The third kappa shape index (κ3) is 14.0. The van der Waals surface area contributed by atoms with Gasteiger partial charge in [-0.3, -0.25) is 0 Å². The minimum atomic E-state index is 0.834. The summed E-state index contributed by atoms with van der Waals surface area (Å²) in [5.74, 6) is 14.4. The number of fused-ring (bicyclic) bond motifs is 2. The van der Waals surface area contributed by atoms with Gasteiger partial charge >= 0.3 is 0 Å². The van der Waals surface area contributed by atoms with Crippen molar-refractivity contribution in [3.8, 4) is 0 Å². The van der Waals surface area contributed by atoms with E-state index in [9.17, 15) is 0 Å². The van der Waals surface area contributed by atoms with Crippen molar-refractivity contribution in [1.29, 1.82) is 0 Å². The summed E-state index contributed by atoms with van der Waals surface area (Å²) in [4.78, 5) is 0. The SMILES string of the molecule is CC.CCC.CCC.CCC(CCCC1CCC(C)C(C2CCC(C3CCCC4CCCCC43)CC2)C2CCCCC12)C(C)CC(C)C(C)C. The van der Waals surface area contributed by atoms with Crippen LogP contribution in [0.4, 0.5) is 0 Å². The third-order valence-corrected chi connectivity index (χ3v) is 15.6. The Morgan fingerprint density at radius 2 is 0.980 bits per heavy atom. The van der Waals surface area contributed by atoms with Crippen molar-refractivity contribution < 1.29 is 0 Å². The zero-order valence-corrected chi connectivity index (χ0v) is 37.1. The smallest absolute Gasteiger partial charge is 0.0329 e. The van der Waals surface area contributed by atoms with E-state index < -0.39 is 0 Å². The molecule has 0 nitrogen and oxygen atoms in total. The topological polar surface area (TPSA) is 0 Å². The van der Waals surface area contributed by atoms with Crippen molar-refractivity contribution >= 4 is 0 Å². The predicted octanol–water partition coefficient (Wildman–Crippen LogP) is 17.2. The van der Waals surface area contributed by atoms with Gasteiger partial charge in [-0.1, -0.05) is 173 Å². The second-order valence-electron chi connectivity index (χ2n) is 19.4. The molecule has 0 bridgehead atoms. The average molecular weight is 699 g/mol. The van der Waals surface area contributed by atoms with Crippen LogP contribution in [0, 0.1) is 82.9 Å². The zero-order chi connectivity index (χ0) is 37.1. The van der Waals surface area contributed by atoms with Gasteiger partial charge in [0.25, 0.3) is 0 Å². The monoisotopic (exact) mass is 699 g/mol. The maximum absolute atomic E-state index is 2.73. The predicted molar refractivity (Wildman–Crippen MR) is 228 cm³/mol. The van der Waals surface area contributed by atoms with E-state index in [2.05, 4.69) is 69.2 Å². The van der Waals surface area contributed by atoms with Crippen molar-refractivity contribution in [2.75, 3.05) is 0 Å². The van der Waals surface area contributed by atoms with Crippen LogP contribution in [0.15, 0.2) is 0 Å². The molecular formula is C50H98. The van der Waals surface area contributed by atoms with Crippen LogP contribution in [0.3, 0.4) is 0 Å². The van der Waals surface area contributed by atoms with Gasteiger partial charge < -0.3 is 0 Å². The molecule has 0 spiro atoms. The summed E-state index contributed by atoms with van der Waals surface area (Å²) >= 11 is 0. The van der Waals surface area contributed by atoms with Crippen LogP contribution >= 0.6 is 0 Å². The molecule has 5 aliphatic carbocycles. The quantitative estimate of drug-likeness (QED) is 0.201. The highest BCUT2D eigenvalue weighted by Crippen LogP contribution is 2.55. The molecule has 0 aromatic carbocycles. The minimum absolute atomic E-state index is 0.834. The summed E-state index contributed by atoms with van der Waals surface area (Å²) in [7, 11) is 0. The largest absolute Gasteiger partial charge is 0.0683 e. The van der Waals surface area contributed by atoms with E-state index in [4.69, 9.17) is 0 Å². The van der Waals surface area contributed by atoms with Crippen LogP contribution in [0.1, 0.15) is 237 Å². The van der Waals surface area contributed by atoms with Crippen LogP contribution in [-0.4, -0.2) is 0 Å². The summed E-state index contributed by atoms with van der Waals surface area (Å²) in [6.45, 7) is 27.6. The fourth-order valence-corrected chi connectivity index (χ4v) is 12.8. The molecule has 50 heavy (non-hydrogen) atoms. The lowest BCUT2D eigenvalue weighted by molar-refractivity contribution is 0.0115. The molecule has 11 atom stereocenters. The fourth-order valence-electron chi connectivity index (χ4n) is 12.8. The van der Waals surface area contributed by atoms with E-state index in [0.717, 1.165) is 82.9 Å². The molecule has 0 radical (unpaired) electrons. The maximum Gasteiger partial charge on any atom is -0.0329 e. The van der Waals surface area contributed by atoms with Crippen LogP contribution < -0.4 is 0 Å². The molecule has 5 aliphatic rings. The molecule has 0 aromatic rings. The normalized spacial score (nSPS) is 35.9. The summed E-state index contributed by atoms with van der Waals surface area (Å²) < 4.78 is 0. The van der Waals surface area contributed by atoms with Gasteiger partial charge in [0.15, 0.2) is 0 Å². The first-order valence-corrected chi connectivity index (χ1v) is 24.2. The van der Waals surface area contributed by atoms with Crippen molar-refractivity contribution in [2.24, 2.45) is 82.9 Å². The van der Waals surface area contributed by atoms with Crippen molar-refractivity contribution in [3.63, 3.8) is 0 Å². The molecule has 0 saturated heterocycles. The van der Waals surface area contributed by atoms with Crippen molar-refractivity contribution in [3.05, 3.63) is 0 Å². The van der Waals surface area contributed by atoms with Gasteiger partial charge in [0, 0.05) is 0 Å². The molecule has 0 heteroatoms. The summed E-state index contributed by atoms with van der Waals surface area (Å²) in [6, 6.07) is 0. The van der Waals surface area contributed by atoms with Crippen molar-refractivity contribution in [1.82, 2.24) is 0 Å². The van der Waals surface area contributed by atoms with Gasteiger partial charge in [0.2, 0.25) is 0 Å². The first-order chi connectivity index (χ1) is 24.2. The van der Waals surface area contributed by atoms with Gasteiger partial charge in [-0.05, 0) is 147 Å². The highest BCUT2D eigenvalue weighted by molar-refractivity contribution is 4.96. The maximum atomic E-state index is 2.73. The Hall–Kier alpha value is 0. The Balaban J connectivity index is 0.000000996. The Morgan fingerprint density at radius 1 is 0.500 bits per heavy atom. The Labute approximate surface area is 319 Å². The minimum Gasteiger partial charge on any atom is -0.0683 e. The number of hydrogen-bond acceptors (Lipinski definition) is 0.